The summed E-state index contributed by atoms with van der Waals surface area (Å²) in [7, 11) is 0. The molecule has 0 bridgehead atoms. The molecule has 0 radical (unpaired) electrons. The van der Waals surface area contributed by atoms with Gasteiger partial charge in [-0.05, 0) is 50.1 Å². The summed E-state index contributed by atoms with van der Waals surface area (Å²) in [5, 5.41) is 8.93. The Kier molecular flexibility index (Phi) is 15.7. The van der Waals surface area contributed by atoms with Crippen LogP contribution in [0.2, 0.25) is 0 Å². The molecule has 2 atom stereocenters. The van der Waals surface area contributed by atoms with Gasteiger partial charge < -0.3 is 20.5 Å². The number of nitrogens with zero attached hydrogens (tertiary/aromatic N) is 1. The molecule has 1 aromatic carbocycles. The number of allylic oxidation sites excluding steroid dienone is 2. The minimum atomic E-state index is -3.11. The molecule has 39 heavy (non-hydrogen) atoms. The van der Waals surface area contributed by atoms with Crippen LogP contribution < -0.4 is 5.73 Å². The summed E-state index contributed by atoms with van der Waals surface area (Å²) in [5.41, 5.74) is 5.31. The van der Waals surface area contributed by atoms with Gasteiger partial charge in [0.1, 0.15) is 11.2 Å². The summed E-state index contributed by atoms with van der Waals surface area (Å²) in [6.45, 7) is 4.34. The van der Waals surface area contributed by atoms with Crippen molar-refractivity contribution in [3.63, 3.8) is 0 Å². The Hall–Kier alpha value is -1.97. The number of carboxylic acid groups (broad SMARTS) is 1. The molecule has 3 rings (SSSR count). The third kappa shape index (κ3) is 12.4. The lowest BCUT2D eigenvalue weighted by molar-refractivity contribution is -0.133. The van der Waals surface area contributed by atoms with Gasteiger partial charge in [-0.3, -0.25) is 0 Å². The number of rotatable bonds is 16. The normalized spacial score (nSPS) is 19.0. The maximum absolute atomic E-state index is 14.4. The van der Waals surface area contributed by atoms with Gasteiger partial charge in [0.15, 0.2) is 0 Å². The van der Waals surface area contributed by atoms with Gasteiger partial charge >= 0.3 is 5.97 Å². The van der Waals surface area contributed by atoms with Crippen LogP contribution in [0.5, 0.6) is 0 Å². The van der Waals surface area contributed by atoms with Gasteiger partial charge in [0, 0.05) is 37.1 Å². The fourth-order valence-corrected chi connectivity index (χ4v) is 5.86. The highest BCUT2D eigenvalue weighted by Crippen LogP contribution is 2.36. The molecule has 0 amide bonds. The van der Waals surface area contributed by atoms with Crippen molar-refractivity contribution in [2.75, 3.05) is 25.4 Å². The molecule has 0 saturated carbocycles. The average molecular weight is 571 g/mol. The first kappa shape index (κ1) is 33.2. The van der Waals surface area contributed by atoms with E-state index in [-0.39, 0.29) is 23.0 Å². The number of thioether (sulfide) groups is 1. The molecule has 1 aromatic rings. The maximum Gasteiger partial charge on any atom is 0.334 e. The van der Waals surface area contributed by atoms with E-state index < -0.39 is 29.5 Å². The Morgan fingerprint density at radius 2 is 1.79 bits per heavy atom. The number of nitrogens with two attached hydrogens (primary N) is 1. The first-order valence-corrected chi connectivity index (χ1v) is 15.3. The molecule has 0 spiro atoms. The van der Waals surface area contributed by atoms with Gasteiger partial charge in [0.05, 0.1) is 11.7 Å². The number of ether oxygens (including phenoxy) is 1. The highest BCUT2D eigenvalue weighted by atomic mass is 32.2. The summed E-state index contributed by atoms with van der Waals surface area (Å²) in [4.78, 5) is 13.5. The number of unbranched alkanes of at least 4 members (excludes halogenated alkanes) is 7. The summed E-state index contributed by atoms with van der Waals surface area (Å²) < 4.78 is 47.4. The molecular formula is C30H45F3N2O3S. The number of benzene rings is 1. The van der Waals surface area contributed by atoms with Crippen LogP contribution >= 0.6 is 11.8 Å². The smallest absolute Gasteiger partial charge is 0.334 e. The quantitative estimate of drug-likeness (QED) is 0.201. The van der Waals surface area contributed by atoms with Crippen molar-refractivity contribution in [2.45, 2.75) is 95.0 Å². The third-order valence-electron chi connectivity index (χ3n) is 6.82. The first-order chi connectivity index (χ1) is 18.8. The van der Waals surface area contributed by atoms with Crippen LogP contribution in [0, 0.1) is 5.82 Å². The second-order valence-electron chi connectivity index (χ2n) is 10.0. The van der Waals surface area contributed by atoms with Crippen molar-refractivity contribution in [3.05, 3.63) is 59.6 Å². The fraction of sp³-hybridized carbons (Fsp3) is 0.633. The van der Waals surface area contributed by atoms with Gasteiger partial charge in [-0.15, -0.1) is 11.8 Å². The number of hydrogen-bond acceptors (Lipinski definition) is 5. The Balaban J connectivity index is 0.000000411. The molecule has 1 fully saturated rings. The van der Waals surface area contributed by atoms with Gasteiger partial charge in [0.2, 0.25) is 0 Å². The van der Waals surface area contributed by atoms with Crippen LogP contribution in [0.1, 0.15) is 83.1 Å². The second kappa shape index (κ2) is 18.4. The van der Waals surface area contributed by atoms with Gasteiger partial charge in [-0.1, -0.05) is 64.0 Å². The number of hydrogen-bond donors (Lipinski definition) is 2. The van der Waals surface area contributed by atoms with Crippen LogP contribution in [-0.2, 0) is 15.5 Å². The first-order valence-electron chi connectivity index (χ1n) is 14.2. The van der Waals surface area contributed by atoms with E-state index in [1.54, 1.807) is 12.3 Å². The van der Waals surface area contributed by atoms with E-state index in [4.69, 9.17) is 10.5 Å². The SMILES string of the molecule is CCCCCCCCCCN.O=C(O)C1=CC=CN(CC2CCCO2)C1SCCC(F)(F)c1ccc(F)cc1. The molecule has 3 N–H and O–H groups in total. The molecule has 2 aliphatic heterocycles. The Morgan fingerprint density at radius 1 is 1.13 bits per heavy atom. The Labute approximate surface area is 236 Å². The van der Waals surface area contributed by atoms with Crippen LogP contribution in [0.25, 0.3) is 0 Å². The zero-order valence-corrected chi connectivity index (χ0v) is 23.9. The number of alkyl halides is 2. The van der Waals surface area contributed by atoms with Crippen molar-refractivity contribution in [1.82, 2.24) is 4.90 Å². The molecule has 1 saturated heterocycles. The second-order valence-corrected chi connectivity index (χ2v) is 11.2. The fourth-order valence-electron chi connectivity index (χ4n) is 4.55. The summed E-state index contributed by atoms with van der Waals surface area (Å²) in [5.74, 6) is -4.69. The van der Waals surface area contributed by atoms with Crippen molar-refractivity contribution in [2.24, 2.45) is 5.73 Å². The predicted molar refractivity (Wildman–Crippen MR) is 153 cm³/mol. The lowest BCUT2D eigenvalue weighted by Gasteiger charge is -2.34. The Bertz CT molecular complexity index is 882. The van der Waals surface area contributed by atoms with Crippen molar-refractivity contribution < 1.29 is 27.8 Å². The summed E-state index contributed by atoms with van der Waals surface area (Å²) >= 11 is 1.17. The average Bonchev–Trinajstić information content (AvgIpc) is 3.42. The van der Waals surface area contributed by atoms with E-state index in [2.05, 4.69) is 6.92 Å². The van der Waals surface area contributed by atoms with Crippen LogP contribution in [-0.4, -0.2) is 52.9 Å². The monoisotopic (exact) mass is 570 g/mol. The largest absolute Gasteiger partial charge is 0.478 e. The zero-order chi connectivity index (χ0) is 28.5. The van der Waals surface area contributed by atoms with Gasteiger partial charge in [-0.2, -0.15) is 0 Å². The minimum absolute atomic E-state index is 0.0153. The van der Waals surface area contributed by atoms with E-state index in [1.165, 1.54) is 69.2 Å². The molecule has 9 heteroatoms. The van der Waals surface area contributed by atoms with Crippen molar-refractivity contribution in [3.8, 4) is 0 Å². The number of aliphatic carboxylic acids is 1. The molecule has 2 unspecified atom stereocenters. The Morgan fingerprint density at radius 3 is 2.38 bits per heavy atom. The number of halogens is 3. The number of carbonyl (C=O) groups is 1. The standard InChI is InChI=1S/C20H22F3NO3S.C10H23N/c21-15-7-5-14(6-8-15)20(22,23)9-12-28-18-17(19(25)26)4-1-10-24(18)13-16-3-2-11-27-16;1-2-3-4-5-6-7-8-9-10-11/h1,4-8,10,16,18H,2-3,9,11-13H2,(H,25,26);2-11H2,1H3. The highest BCUT2D eigenvalue weighted by Gasteiger charge is 2.34. The maximum atomic E-state index is 14.4. The minimum Gasteiger partial charge on any atom is -0.478 e. The topological polar surface area (TPSA) is 75.8 Å². The van der Waals surface area contributed by atoms with E-state index in [1.807, 2.05) is 4.90 Å². The third-order valence-corrected chi connectivity index (χ3v) is 8.10. The van der Waals surface area contributed by atoms with Crippen molar-refractivity contribution >= 4 is 17.7 Å². The predicted octanol–water partition coefficient (Wildman–Crippen LogP) is 7.47. The molecular weight excluding hydrogens is 525 g/mol. The highest BCUT2D eigenvalue weighted by molar-refractivity contribution is 8.00. The summed E-state index contributed by atoms with van der Waals surface area (Å²) in [6.07, 6.45) is 17.3. The molecule has 2 aliphatic rings. The molecule has 220 valence electrons. The molecule has 0 aliphatic carbocycles. The number of carboxylic acids is 1. The lowest BCUT2D eigenvalue weighted by Crippen LogP contribution is -2.39. The van der Waals surface area contributed by atoms with E-state index in [0.717, 1.165) is 43.7 Å². The summed E-state index contributed by atoms with van der Waals surface area (Å²) in [6, 6.07) is 4.18. The molecule has 5 nitrogen and oxygen atoms in total. The lowest BCUT2D eigenvalue weighted by atomic mass is 10.1. The van der Waals surface area contributed by atoms with Crippen LogP contribution in [0.15, 0.2) is 48.2 Å². The molecule has 2 heterocycles. The van der Waals surface area contributed by atoms with Crippen LogP contribution in [0.3, 0.4) is 0 Å². The van der Waals surface area contributed by atoms with Gasteiger partial charge in [-0.25, -0.2) is 18.0 Å². The van der Waals surface area contributed by atoms with Gasteiger partial charge in [0.25, 0.3) is 5.92 Å². The van der Waals surface area contributed by atoms with Crippen molar-refractivity contribution in [1.29, 1.82) is 0 Å². The zero-order valence-electron chi connectivity index (χ0n) is 23.1. The molecule has 0 aromatic heterocycles. The van der Waals surface area contributed by atoms with E-state index in [9.17, 15) is 23.1 Å². The van der Waals surface area contributed by atoms with E-state index >= 15 is 0 Å². The van der Waals surface area contributed by atoms with Crippen LogP contribution in [0.4, 0.5) is 13.2 Å². The van der Waals surface area contributed by atoms with E-state index in [0.29, 0.717) is 13.2 Å².